The number of rotatable bonds is 4. The summed E-state index contributed by atoms with van der Waals surface area (Å²) in [6, 6.07) is 5.40. The van der Waals surface area contributed by atoms with E-state index in [0.29, 0.717) is 6.42 Å². The second-order valence-electron chi connectivity index (χ2n) is 3.04. The van der Waals surface area contributed by atoms with E-state index in [4.69, 9.17) is 0 Å². The van der Waals surface area contributed by atoms with E-state index in [0.717, 1.165) is 30.3 Å². The van der Waals surface area contributed by atoms with Crippen molar-refractivity contribution in [1.82, 2.24) is 0 Å². The Morgan fingerprint density at radius 3 is 2.85 bits per heavy atom. The van der Waals surface area contributed by atoms with Crippen molar-refractivity contribution in [3.8, 4) is 5.75 Å². The number of carbonyl (C=O) groups is 1. The van der Waals surface area contributed by atoms with E-state index in [1.807, 2.05) is 12.1 Å². The van der Waals surface area contributed by atoms with Crippen molar-refractivity contribution in [2.75, 3.05) is 0 Å². The van der Waals surface area contributed by atoms with Crippen LogP contribution in [0.5, 0.6) is 5.75 Å². The van der Waals surface area contributed by atoms with Crippen molar-refractivity contribution in [3.05, 3.63) is 29.3 Å². The second-order valence-corrected chi connectivity index (χ2v) is 3.04. The van der Waals surface area contributed by atoms with Crippen molar-refractivity contribution in [2.24, 2.45) is 0 Å². The van der Waals surface area contributed by atoms with Crippen molar-refractivity contribution >= 4 is 6.29 Å². The fourth-order valence-electron chi connectivity index (χ4n) is 1.44. The third-order valence-corrected chi connectivity index (χ3v) is 2.06. The van der Waals surface area contributed by atoms with Gasteiger partial charge in [0.2, 0.25) is 0 Å². The molecule has 0 atom stereocenters. The Morgan fingerprint density at radius 1 is 1.46 bits per heavy atom. The molecule has 1 aromatic carbocycles. The van der Waals surface area contributed by atoms with Crippen molar-refractivity contribution in [3.63, 3.8) is 0 Å². The van der Waals surface area contributed by atoms with Crippen LogP contribution < -0.4 is 0 Å². The summed E-state index contributed by atoms with van der Waals surface area (Å²) in [7, 11) is 0. The lowest BCUT2D eigenvalue weighted by molar-refractivity contribution is -0.107. The first kappa shape index (κ1) is 9.78. The molecule has 1 rings (SSSR count). The van der Waals surface area contributed by atoms with Gasteiger partial charge in [-0.15, -0.1) is 0 Å². The zero-order valence-corrected chi connectivity index (χ0v) is 7.79. The fraction of sp³-hybridized carbons (Fsp3) is 0.364. The number of aromatic hydroxyl groups is 1. The van der Waals surface area contributed by atoms with Gasteiger partial charge in [0.15, 0.2) is 0 Å². The van der Waals surface area contributed by atoms with E-state index >= 15 is 0 Å². The minimum atomic E-state index is 0.234. The Labute approximate surface area is 78.2 Å². The van der Waals surface area contributed by atoms with Crippen molar-refractivity contribution in [1.29, 1.82) is 0 Å². The molecular weight excluding hydrogens is 164 g/mol. The predicted octanol–water partition coefficient (Wildman–Crippen LogP) is 2.09. The molecule has 1 N–H and O–H groups in total. The number of carbonyl (C=O) groups excluding carboxylic acids is 1. The number of aldehydes is 1. The molecule has 0 saturated heterocycles. The van der Waals surface area contributed by atoms with Gasteiger partial charge in [0, 0.05) is 12.0 Å². The molecule has 0 unspecified atom stereocenters. The standard InChI is InChI=1S/C11H14O2/c1-2-4-9-5-3-6-11(13)10(9)7-8-12/h3,5-6,8,13H,2,4,7H2,1H3. The SMILES string of the molecule is CCCc1cccc(O)c1CC=O. The monoisotopic (exact) mass is 178 g/mol. The van der Waals surface area contributed by atoms with Crippen LogP contribution in [0.2, 0.25) is 0 Å². The normalized spacial score (nSPS) is 9.92. The second kappa shape index (κ2) is 4.65. The lowest BCUT2D eigenvalue weighted by Gasteiger charge is -2.07. The highest BCUT2D eigenvalue weighted by Gasteiger charge is 2.05. The predicted molar refractivity (Wildman–Crippen MR) is 51.9 cm³/mol. The highest BCUT2D eigenvalue weighted by Crippen LogP contribution is 2.21. The van der Waals surface area contributed by atoms with Gasteiger partial charge in [-0.3, -0.25) is 0 Å². The highest BCUT2D eigenvalue weighted by atomic mass is 16.3. The maximum Gasteiger partial charge on any atom is 0.124 e. The summed E-state index contributed by atoms with van der Waals surface area (Å²) in [6.45, 7) is 2.08. The molecular formula is C11H14O2. The molecule has 2 heteroatoms. The van der Waals surface area contributed by atoms with E-state index in [1.165, 1.54) is 0 Å². The molecule has 0 spiro atoms. The lowest BCUT2D eigenvalue weighted by Crippen LogP contribution is -1.95. The molecule has 1 aromatic rings. The number of phenolic OH excluding ortho intramolecular Hbond substituents is 1. The molecule has 0 amide bonds. The Hall–Kier alpha value is -1.31. The van der Waals surface area contributed by atoms with Gasteiger partial charge in [-0.1, -0.05) is 25.5 Å². The van der Waals surface area contributed by atoms with Gasteiger partial charge in [0.1, 0.15) is 12.0 Å². The van der Waals surface area contributed by atoms with Crippen LogP contribution in [0.15, 0.2) is 18.2 Å². The first-order chi connectivity index (χ1) is 6.29. The van der Waals surface area contributed by atoms with Crippen LogP contribution in [0.3, 0.4) is 0 Å². The topological polar surface area (TPSA) is 37.3 Å². The van der Waals surface area contributed by atoms with Gasteiger partial charge in [0.05, 0.1) is 0 Å². The summed E-state index contributed by atoms with van der Waals surface area (Å²) in [5, 5.41) is 9.49. The van der Waals surface area contributed by atoms with Crippen molar-refractivity contribution in [2.45, 2.75) is 26.2 Å². The molecule has 0 radical (unpaired) electrons. The van der Waals surface area contributed by atoms with E-state index < -0.39 is 0 Å². The summed E-state index contributed by atoms with van der Waals surface area (Å²) in [6.07, 6.45) is 3.07. The van der Waals surface area contributed by atoms with Crippen LogP contribution in [0.25, 0.3) is 0 Å². The van der Waals surface area contributed by atoms with Crippen LogP contribution in [0.1, 0.15) is 24.5 Å². The summed E-state index contributed by atoms with van der Waals surface area (Å²) >= 11 is 0. The molecule has 0 aromatic heterocycles. The molecule has 0 saturated carbocycles. The largest absolute Gasteiger partial charge is 0.508 e. The number of aryl methyl sites for hydroxylation is 1. The molecule has 0 aliphatic carbocycles. The molecule has 0 fully saturated rings. The summed E-state index contributed by atoms with van der Waals surface area (Å²) in [5.41, 5.74) is 1.86. The number of phenols is 1. The minimum absolute atomic E-state index is 0.234. The van der Waals surface area contributed by atoms with Gasteiger partial charge in [0.25, 0.3) is 0 Å². The average Bonchev–Trinajstić information content (AvgIpc) is 2.11. The Kier molecular flexibility index (Phi) is 3.50. The van der Waals surface area contributed by atoms with E-state index in [9.17, 15) is 9.90 Å². The lowest BCUT2D eigenvalue weighted by atomic mass is 10.0. The maximum absolute atomic E-state index is 10.4. The van der Waals surface area contributed by atoms with E-state index in [2.05, 4.69) is 6.92 Å². The molecule has 13 heavy (non-hydrogen) atoms. The van der Waals surface area contributed by atoms with E-state index in [1.54, 1.807) is 6.07 Å². The molecule has 2 nitrogen and oxygen atoms in total. The van der Waals surface area contributed by atoms with Crippen LogP contribution >= 0.6 is 0 Å². The highest BCUT2D eigenvalue weighted by molar-refractivity contribution is 5.59. The van der Waals surface area contributed by atoms with Crippen LogP contribution in [0, 0.1) is 0 Å². The maximum atomic E-state index is 10.4. The van der Waals surface area contributed by atoms with Gasteiger partial charge in [-0.05, 0) is 18.1 Å². The third kappa shape index (κ3) is 2.31. The molecule has 0 aliphatic rings. The Balaban J connectivity index is 3.01. The number of benzene rings is 1. The van der Waals surface area contributed by atoms with Crippen LogP contribution in [-0.4, -0.2) is 11.4 Å². The fourth-order valence-corrected chi connectivity index (χ4v) is 1.44. The summed E-state index contributed by atoms with van der Waals surface area (Å²) in [5.74, 6) is 0.234. The van der Waals surface area contributed by atoms with Gasteiger partial charge < -0.3 is 9.90 Å². The number of hydrogen-bond acceptors (Lipinski definition) is 2. The number of hydrogen-bond donors (Lipinski definition) is 1. The smallest absolute Gasteiger partial charge is 0.124 e. The van der Waals surface area contributed by atoms with Gasteiger partial charge in [-0.25, -0.2) is 0 Å². The minimum Gasteiger partial charge on any atom is -0.508 e. The molecule has 70 valence electrons. The van der Waals surface area contributed by atoms with Crippen LogP contribution in [0.4, 0.5) is 0 Å². The van der Waals surface area contributed by atoms with Crippen molar-refractivity contribution < 1.29 is 9.90 Å². The average molecular weight is 178 g/mol. The van der Waals surface area contributed by atoms with Gasteiger partial charge >= 0.3 is 0 Å². The quantitative estimate of drug-likeness (QED) is 0.717. The Morgan fingerprint density at radius 2 is 2.23 bits per heavy atom. The van der Waals surface area contributed by atoms with Gasteiger partial charge in [-0.2, -0.15) is 0 Å². The summed E-state index contributed by atoms with van der Waals surface area (Å²) in [4.78, 5) is 10.4. The first-order valence-electron chi connectivity index (χ1n) is 4.53. The third-order valence-electron chi connectivity index (χ3n) is 2.06. The van der Waals surface area contributed by atoms with Crippen LogP contribution in [-0.2, 0) is 17.6 Å². The summed E-state index contributed by atoms with van der Waals surface area (Å²) < 4.78 is 0. The molecule has 0 heterocycles. The van der Waals surface area contributed by atoms with E-state index in [-0.39, 0.29) is 5.75 Å². The zero-order valence-electron chi connectivity index (χ0n) is 7.79. The Bertz CT molecular complexity index is 292. The molecule has 0 aliphatic heterocycles. The molecule has 0 bridgehead atoms. The first-order valence-corrected chi connectivity index (χ1v) is 4.53. The zero-order chi connectivity index (χ0) is 9.68.